The van der Waals surface area contributed by atoms with E-state index in [4.69, 9.17) is 0 Å². The van der Waals surface area contributed by atoms with Gasteiger partial charge in [0.05, 0.1) is 23.6 Å². The van der Waals surface area contributed by atoms with E-state index in [2.05, 4.69) is 16.0 Å². The van der Waals surface area contributed by atoms with Crippen LogP contribution in [0.3, 0.4) is 0 Å². The summed E-state index contributed by atoms with van der Waals surface area (Å²) in [5.41, 5.74) is 2.57. The van der Waals surface area contributed by atoms with Gasteiger partial charge in [-0.15, -0.1) is 11.3 Å². The zero-order valence-corrected chi connectivity index (χ0v) is 14.8. The van der Waals surface area contributed by atoms with E-state index in [-0.39, 0.29) is 23.5 Å². The molecule has 1 fully saturated rings. The van der Waals surface area contributed by atoms with Crippen LogP contribution < -0.4 is 5.32 Å². The number of carbonyl (C=O) groups is 1. The van der Waals surface area contributed by atoms with Gasteiger partial charge in [-0.2, -0.15) is 0 Å². The molecule has 5 nitrogen and oxygen atoms in total. The summed E-state index contributed by atoms with van der Waals surface area (Å²) in [4.78, 5) is 13.7. The average Bonchev–Trinajstić information content (AvgIpc) is 3.16. The molecule has 23 heavy (non-hydrogen) atoms. The number of amides is 1. The standard InChI is InChI=1S/C16H20N2O3S2/c1-11-8-15(12(2)18(11)9-14-4-3-6-22-14)16(19)17-13-5-7-23(20,21)10-13/h3-4,6,8,13H,5,7,9-10H2,1-2H3,(H,17,19)/t13-/m0/s1. The Labute approximate surface area is 140 Å². The van der Waals surface area contributed by atoms with Crippen LogP contribution in [-0.4, -0.2) is 36.4 Å². The molecule has 7 heteroatoms. The van der Waals surface area contributed by atoms with Gasteiger partial charge in [0.1, 0.15) is 0 Å². The molecule has 2 aromatic heterocycles. The first-order chi connectivity index (χ1) is 10.9. The molecule has 0 aromatic carbocycles. The quantitative estimate of drug-likeness (QED) is 0.916. The molecule has 1 aliphatic heterocycles. The Hall–Kier alpha value is -1.60. The fraction of sp³-hybridized carbons (Fsp3) is 0.438. The van der Waals surface area contributed by atoms with E-state index in [9.17, 15) is 13.2 Å². The fourth-order valence-corrected chi connectivity index (χ4v) is 5.37. The van der Waals surface area contributed by atoms with Crippen LogP contribution in [0.5, 0.6) is 0 Å². The summed E-state index contributed by atoms with van der Waals surface area (Å²) in [6.07, 6.45) is 0.502. The molecule has 0 spiro atoms. The van der Waals surface area contributed by atoms with Crippen LogP contribution in [0.4, 0.5) is 0 Å². The summed E-state index contributed by atoms with van der Waals surface area (Å²) < 4.78 is 25.1. The van der Waals surface area contributed by atoms with Crippen LogP contribution in [0.25, 0.3) is 0 Å². The Morgan fingerprint density at radius 3 is 2.83 bits per heavy atom. The van der Waals surface area contributed by atoms with Crippen molar-refractivity contribution in [3.63, 3.8) is 0 Å². The highest BCUT2D eigenvalue weighted by atomic mass is 32.2. The van der Waals surface area contributed by atoms with Crippen LogP contribution in [0.15, 0.2) is 23.6 Å². The summed E-state index contributed by atoms with van der Waals surface area (Å²) in [6, 6.07) is 5.70. The van der Waals surface area contributed by atoms with Gasteiger partial charge in [0.15, 0.2) is 9.84 Å². The van der Waals surface area contributed by atoms with Crippen molar-refractivity contribution in [1.29, 1.82) is 0 Å². The van der Waals surface area contributed by atoms with Crippen molar-refractivity contribution in [2.75, 3.05) is 11.5 Å². The van der Waals surface area contributed by atoms with E-state index < -0.39 is 9.84 Å². The molecule has 1 saturated heterocycles. The summed E-state index contributed by atoms with van der Waals surface area (Å²) in [6.45, 7) is 4.67. The first kappa shape index (κ1) is 16.3. The van der Waals surface area contributed by atoms with Crippen LogP contribution in [0, 0.1) is 13.8 Å². The smallest absolute Gasteiger partial charge is 0.253 e. The average molecular weight is 352 g/mol. The van der Waals surface area contributed by atoms with Crippen molar-refractivity contribution >= 4 is 27.1 Å². The minimum absolute atomic E-state index is 0.0483. The Kier molecular flexibility index (Phi) is 4.33. The summed E-state index contributed by atoms with van der Waals surface area (Å²) in [5.74, 6) is 0.0276. The van der Waals surface area contributed by atoms with Crippen molar-refractivity contribution in [3.05, 3.63) is 45.4 Å². The largest absolute Gasteiger partial charge is 0.348 e. The number of carbonyl (C=O) groups excluding carboxylic acids is 1. The maximum atomic E-state index is 12.5. The third-order valence-corrected chi connectivity index (χ3v) is 6.91. The highest BCUT2D eigenvalue weighted by Crippen LogP contribution is 2.20. The Morgan fingerprint density at radius 2 is 2.22 bits per heavy atom. The summed E-state index contributed by atoms with van der Waals surface area (Å²) >= 11 is 1.69. The fourth-order valence-electron chi connectivity index (χ4n) is 3.00. The second-order valence-electron chi connectivity index (χ2n) is 6.02. The van der Waals surface area contributed by atoms with Crippen LogP contribution >= 0.6 is 11.3 Å². The maximum absolute atomic E-state index is 12.5. The lowest BCUT2D eigenvalue weighted by Crippen LogP contribution is -2.35. The molecule has 0 bridgehead atoms. The highest BCUT2D eigenvalue weighted by molar-refractivity contribution is 7.91. The molecule has 1 aliphatic rings. The third kappa shape index (κ3) is 3.50. The molecule has 2 aromatic rings. The second-order valence-corrected chi connectivity index (χ2v) is 9.28. The van der Waals surface area contributed by atoms with E-state index in [1.54, 1.807) is 11.3 Å². The van der Waals surface area contributed by atoms with Gasteiger partial charge >= 0.3 is 0 Å². The zero-order chi connectivity index (χ0) is 16.6. The van der Waals surface area contributed by atoms with Crippen LogP contribution in [-0.2, 0) is 16.4 Å². The molecule has 1 N–H and O–H groups in total. The number of rotatable bonds is 4. The Balaban J connectivity index is 1.76. The number of thiophene rings is 1. The molecule has 3 rings (SSSR count). The van der Waals surface area contributed by atoms with E-state index >= 15 is 0 Å². The number of hydrogen-bond donors (Lipinski definition) is 1. The lowest BCUT2D eigenvalue weighted by molar-refractivity contribution is 0.0940. The van der Waals surface area contributed by atoms with Crippen molar-refractivity contribution in [3.8, 4) is 0 Å². The first-order valence-corrected chi connectivity index (χ1v) is 10.3. The lowest BCUT2D eigenvalue weighted by Gasteiger charge is -2.11. The van der Waals surface area contributed by atoms with Gasteiger partial charge in [0.25, 0.3) is 5.91 Å². The van der Waals surface area contributed by atoms with Crippen LogP contribution in [0.1, 0.15) is 33.0 Å². The minimum Gasteiger partial charge on any atom is -0.348 e. The van der Waals surface area contributed by atoms with Crippen molar-refractivity contribution < 1.29 is 13.2 Å². The maximum Gasteiger partial charge on any atom is 0.253 e. The lowest BCUT2D eigenvalue weighted by atomic mass is 10.2. The first-order valence-electron chi connectivity index (χ1n) is 7.56. The number of nitrogens with one attached hydrogen (secondary N) is 1. The molecule has 0 aliphatic carbocycles. The second kappa shape index (κ2) is 6.13. The highest BCUT2D eigenvalue weighted by Gasteiger charge is 2.29. The van der Waals surface area contributed by atoms with Gasteiger partial charge in [-0.05, 0) is 37.8 Å². The van der Waals surface area contributed by atoms with Gasteiger partial charge in [-0.3, -0.25) is 4.79 Å². The van der Waals surface area contributed by atoms with Crippen molar-refractivity contribution in [2.24, 2.45) is 0 Å². The van der Waals surface area contributed by atoms with Crippen molar-refractivity contribution in [1.82, 2.24) is 9.88 Å². The summed E-state index contributed by atoms with van der Waals surface area (Å²) in [5, 5.41) is 4.90. The van der Waals surface area contributed by atoms with Gasteiger partial charge in [-0.1, -0.05) is 6.07 Å². The number of aromatic nitrogens is 1. The van der Waals surface area contributed by atoms with Crippen molar-refractivity contribution in [2.45, 2.75) is 32.9 Å². The third-order valence-electron chi connectivity index (χ3n) is 4.28. The molecule has 0 unspecified atom stereocenters. The molecular formula is C16H20N2O3S2. The van der Waals surface area contributed by atoms with Gasteiger partial charge in [-0.25, -0.2) is 8.42 Å². The Morgan fingerprint density at radius 1 is 1.43 bits per heavy atom. The SMILES string of the molecule is Cc1cc(C(=O)N[C@H]2CCS(=O)(=O)C2)c(C)n1Cc1cccs1. The Bertz CT molecular complexity index is 820. The number of nitrogens with zero attached hydrogens (tertiary/aromatic N) is 1. The molecule has 3 heterocycles. The van der Waals surface area contributed by atoms with E-state index in [1.165, 1.54) is 4.88 Å². The van der Waals surface area contributed by atoms with Gasteiger partial charge < -0.3 is 9.88 Å². The van der Waals surface area contributed by atoms with E-state index in [0.717, 1.165) is 17.9 Å². The van der Waals surface area contributed by atoms with E-state index in [1.807, 2.05) is 31.4 Å². The topological polar surface area (TPSA) is 68.2 Å². The minimum atomic E-state index is -2.99. The molecule has 1 atom stereocenters. The molecule has 124 valence electrons. The normalized spacial score (nSPS) is 19.8. The molecular weight excluding hydrogens is 332 g/mol. The predicted octanol–water partition coefficient (Wildman–Crippen LogP) is 2.13. The predicted molar refractivity (Wildman–Crippen MR) is 91.9 cm³/mol. The monoisotopic (exact) mass is 352 g/mol. The summed E-state index contributed by atoms with van der Waals surface area (Å²) in [7, 11) is -2.99. The number of sulfone groups is 1. The molecule has 1 amide bonds. The van der Waals surface area contributed by atoms with E-state index in [0.29, 0.717) is 12.0 Å². The molecule has 0 radical (unpaired) electrons. The van der Waals surface area contributed by atoms with Gasteiger partial charge in [0, 0.05) is 22.3 Å². The number of hydrogen-bond acceptors (Lipinski definition) is 4. The number of aryl methyl sites for hydroxylation is 1. The molecule has 0 saturated carbocycles. The zero-order valence-electron chi connectivity index (χ0n) is 13.2. The van der Waals surface area contributed by atoms with Gasteiger partial charge in [0.2, 0.25) is 0 Å². The van der Waals surface area contributed by atoms with Crippen LogP contribution in [0.2, 0.25) is 0 Å².